The van der Waals surface area contributed by atoms with Crippen LogP contribution in [0.4, 0.5) is 38.0 Å². The number of carbonyl (C=O) groups excluding carboxylic acids is 1. The predicted octanol–water partition coefficient (Wildman–Crippen LogP) is 6.57. The number of nitrogens with one attached hydrogen (secondary N) is 2. The van der Waals surface area contributed by atoms with E-state index in [-0.39, 0.29) is 11.5 Å². The van der Waals surface area contributed by atoms with Gasteiger partial charge in [-0.15, -0.1) is 0 Å². The molecular weight excluding hydrogens is 556 g/mol. The lowest BCUT2D eigenvalue weighted by Gasteiger charge is -2.12. The molecular formula is C27H19F6N5O3. The van der Waals surface area contributed by atoms with Gasteiger partial charge in [0.2, 0.25) is 5.95 Å². The van der Waals surface area contributed by atoms with Gasteiger partial charge in [0.1, 0.15) is 5.65 Å². The third-order valence-electron chi connectivity index (χ3n) is 5.87. The van der Waals surface area contributed by atoms with Crippen LogP contribution < -0.4 is 11.1 Å². The molecule has 0 aliphatic heterocycles. The van der Waals surface area contributed by atoms with Crippen LogP contribution in [0.1, 0.15) is 21.5 Å². The molecule has 5 aromatic rings. The number of carbonyl (C=O) groups is 2. The van der Waals surface area contributed by atoms with Gasteiger partial charge in [-0.05, 0) is 60.0 Å². The molecule has 0 aliphatic carbocycles. The van der Waals surface area contributed by atoms with Crippen LogP contribution in [0.15, 0.2) is 66.9 Å². The monoisotopic (exact) mass is 575 g/mol. The van der Waals surface area contributed by atoms with Gasteiger partial charge in [0.25, 0.3) is 5.91 Å². The second-order valence-corrected chi connectivity index (χ2v) is 8.74. The number of nitrogens with zero attached hydrogens (tertiary/aromatic N) is 2. The Balaban J connectivity index is 0.000000493. The number of halogens is 6. The van der Waals surface area contributed by atoms with Crippen molar-refractivity contribution in [1.82, 2.24) is 15.0 Å². The number of nitrogens with two attached hydrogens (primary N) is 1. The molecule has 0 bridgehead atoms. The van der Waals surface area contributed by atoms with E-state index in [1.165, 1.54) is 12.1 Å². The Morgan fingerprint density at radius 3 is 2.32 bits per heavy atom. The van der Waals surface area contributed by atoms with Crippen molar-refractivity contribution in [2.75, 3.05) is 11.1 Å². The Morgan fingerprint density at radius 1 is 0.951 bits per heavy atom. The van der Waals surface area contributed by atoms with Crippen LogP contribution >= 0.6 is 0 Å². The van der Waals surface area contributed by atoms with E-state index in [1.54, 1.807) is 18.3 Å². The highest BCUT2D eigenvalue weighted by molar-refractivity contribution is 6.07. The maximum Gasteiger partial charge on any atom is 0.490 e. The number of aromatic nitrogens is 3. The molecule has 14 heteroatoms. The van der Waals surface area contributed by atoms with E-state index in [9.17, 15) is 31.1 Å². The number of carboxylic acid groups (broad SMARTS) is 1. The van der Waals surface area contributed by atoms with Gasteiger partial charge in [-0.25, -0.2) is 9.78 Å². The van der Waals surface area contributed by atoms with Crippen molar-refractivity contribution in [3.63, 3.8) is 0 Å². The highest BCUT2D eigenvalue weighted by atomic mass is 19.4. The Labute approximate surface area is 226 Å². The van der Waals surface area contributed by atoms with Crippen LogP contribution in [0, 0.1) is 6.92 Å². The molecule has 0 atom stereocenters. The number of hydrogen-bond acceptors (Lipinski definition) is 5. The molecule has 8 nitrogen and oxygen atoms in total. The standard InChI is InChI=1S/C25H18F3N5O.C2HF3O2/c1-13-5-7-17(31-23(34)15-3-2-4-16(9-15)25(26,27)28)11-19(13)14-6-8-18-20-12-30-24(29)33-22(20)32-21(18)10-14;3-2(4,5)1(6)7/h2-12H,1H3,(H,31,34)(H3,29,30,32,33);(H,6,7). The number of amides is 1. The summed E-state index contributed by atoms with van der Waals surface area (Å²) in [6.07, 6.45) is -7.93. The van der Waals surface area contributed by atoms with Gasteiger partial charge in [-0.3, -0.25) is 4.79 Å². The fourth-order valence-corrected chi connectivity index (χ4v) is 3.92. The normalized spacial score (nSPS) is 11.7. The molecule has 0 aliphatic rings. The number of nitrogen functional groups attached to an aromatic ring is 1. The summed E-state index contributed by atoms with van der Waals surface area (Å²) in [6, 6.07) is 15.6. The SMILES string of the molecule is Cc1ccc(NC(=O)c2cccc(C(F)(F)F)c2)cc1-c1ccc2c(c1)[nH]c1nc(N)ncc12.O=C(O)C(F)(F)F. The lowest BCUT2D eigenvalue weighted by Crippen LogP contribution is -2.21. The molecule has 41 heavy (non-hydrogen) atoms. The Kier molecular flexibility index (Phi) is 7.59. The van der Waals surface area contributed by atoms with E-state index in [0.717, 1.165) is 45.1 Å². The number of hydrogen-bond donors (Lipinski definition) is 4. The number of rotatable bonds is 3. The second kappa shape index (κ2) is 10.8. The van der Waals surface area contributed by atoms with E-state index < -0.39 is 29.8 Å². The summed E-state index contributed by atoms with van der Waals surface area (Å²) in [6.45, 7) is 1.94. The largest absolute Gasteiger partial charge is 0.490 e. The number of alkyl halides is 6. The summed E-state index contributed by atoms with van der Waals surface area (Å²) in [5.41, 5.74) is 9.43. The quantitative estimate of drug-likeness (QED) is 0.180. The average molecular weight is 575 g/mol. The fourth-order valence-electron chi connectivity index (χ4n) is 3.92. The van der Waals surface area contributed by atoms with Crippen LogP contribution in [-0.2, 0) is 11.0 Å². The first-order valence-electron chi connectivity index (χ1n) is 11.6. The number of benzene rings is 3. The van der Waals surface area contributed by atoms with E-state index in [4.69, 9.17) is 15.6 Å². The third-order valence-corrected chi connectivity index (χ3v) is 5.87. The smallest absolute Gasteiger partial charge is 0.475 e. The summed E-state index contributed by atoms with van der Waals surface area (Å²) in [5.74, 6) is -3.20. The summed E-state index contributed by atoms with van der Waals surface area (Å²) < 4.78 is 70.7. The van der Waals surface area contributed by atoms with Crippen LogP contribution in [0.5, 0.6) is 0 Å². The van der Waals surface area contributed by atoms with E-state index in [1.807, 2.05) is 31.2 Å². The molecule has 2 aromatic heterocycles. The molecule has 1 amide bonds. The zero-order valence-corrected chi connectivity index (χ0v) is 20.9. The van der Waals surface area contributed by atoms with E-state index in [0.29, 0.717) is 11.3 Å². The Bertz CT molecular complexity index is 1780. The summed E-state index contributed by atoms with van der Waals surface area (Å²) in [4.78, 5) is 33.0. The van der Waals surface area contributed by atoms with Crippen molar-refractivity contribution in [3.05, 3.63) is 83.6 Å². The van der Waals surface area contributed by atoms with E-state index in [2.05, 4.69) is 20.3 Å². The lowest BCUT2D eigenvalue weighted by molar-refractivity contribution is -0.192. The van der Waals surface area contributed by atoms with Gasteiger partial charge in [0.05, 0.1) is 5.56 Å². The van der Waals surface area contributed by atoms with Gasteiger partial charge in [0.15, 0.2) is 0 Å². The van der Waals surface area contributed by atoms with Crippen LogP contribution in [-0.4, -0.2) is 38.1 Å². The topological polar surface area (TPSA) is 134 Å². The number of aliphatic carboxylic acids is 1. The minimum absolute atomic E-state index is 0.0724. The van der Waals surface area contributed by atoms with Crippen LogP contribution in [0.3, 0.4) is 0 Å². The van der Waals surface area contributed by atoms with Crippen molar-refractivity contribution in [1.29, 1.82) is 0 Å². The van der Waals surface area contributed by atoms with Crippen LogP contribution in [0.25, 0.3) is 33.1 Å². The van der Waals surface area contributed by atoms with Crippen molar-refractivity contribution >= 4 is 45.4 Å². The predicted molar refractivity (Wildman–Crippen MR) is 139 cm³/mol. The maximum atomic E-state index is 13.0. The Morgan fingerprint density at radius 2 is 1.66 bits per heavy atom. The van der Waals surface area contributed by atoms with Gasteiger partial charge < -0.3 is 21.1 Å². The number of fused-ring (bicyclic) bond motifs is 3. The zero-order valence-electron chi connectivity index (χ0n) is 20.9. The van der Waals surface area contributed by atoms with Gasteiger partial charge in [0, 0.05) is 33.7 Å². The molecule has 2 heterocycles. The van der Waals surface area contributed by atoms with Crippen molar-refractivity contribution in [2.45, 2.75) is 19.3 Å². The van der Waals surface area contributed by atoms with Gasteiger partial charge in [-0.1, -0.05) is 24.3 Å². The number of anilines is 2. The van der Waals surface area contributed by atoms with Gasteiger partial charge in [-0.2, -0.15) is 31.3 Å². The number of H-pyrrole nitrogens is 1. The minimum Gasteiger partial charge on any atom is -0.475 e. The lowest BCUT2D eigenvalue weighted by atomic mass is 9.98. The molecule has 0 spiro atoms. The summed E-state index contributed by atoms with van der Waals surface area (Å²) >= 11 is 0. The molecule has 0 radical (unpaired) electrons. The van der Waals surface area contributed by atoms with Crippen LogP contribution in [0.2, 0.25) is 0 Å². The minimum atomic E-state index is -5.08. The van der Waals surface area contributed by atoms with Crippen molar-refractivity contribution in [2.24, 2.45) is 0 Å². The first-order valence-corrected chi connectivity index (χ1v) is 11.6. The molecule has 5 N–H and O–H groups in total. The molecule has 0 unspecified atom stereocenters. The second-order valence-electron chi connectivity index (χ2n) is 8.74. The fraction of sp³-hybridized carbons (Fsp3) is 0.111. The van der Waals surface area contributed by atoms with E-state index >= 15 is 0 Å². The number of carboxylic acids is 1. The molecule has 5 rings (SSSR count). The molecule has 0 fully saturated rings. The van der Waals surface area contributed by atoms with Crippen molar-refractivity contribution in [3.8, 4) is 11.1 Å². The summed E-state index contributed by atoms with van der Waals surface area (Å²) in [5, 5.41) is 11.6. The number of aromatic amines is 1. The first kappa shape index (κ1) is 28.9. The highest BCUT2D eigenvalue weighted by Gasteiger charge is 2.38. The first-order chi connectivity index (χ1) is 19.1. The Hall–Kier alpha value is -5.14. The molecule has 212 valence electrons. The highest BCUT2D eigenvalue weighted by Crippen LogP contribution is 2.33. The summed E-state index contributed by atoms with van der Waals surface area (Å²) in [7, 11) is 0. The zero-order chi connectivity index (χ0) is 30.1. The maximum absolute atomic E-state index is 13.0. The molecule has 0 saturated carbocycles. The molecule has 0 saturated heterocycles. The number of aryl methyl sites for hydroxylation is 1. The van der Waals surface area contributed by atoms with Gasteiger partial charge >= 0.3 is 18.3 Å². The van der Waals surface area contributed by atoms with Crippen molar-refractivity contribution < 1.29 is 41.0 Å². The average Bonchev–Trinajstić information content (AvgIpc) is 3.25. The molecule has 3 aromatic carbocycles. The third kappa shape index (κ3) is 6.54.